The van der Waals surface area contributed by atoms with Crippen LogP contribution in [-0.2, 0) is 9.47 Å². The number of ether oxygens (including phenoxy) is 2. The quantitative estimate of drug-likeness (QED) is 0.543. The number of hydrogen-bond acceptors (Lipinski definition) is 3. The Morgan fingerprint density at radius 1 is 1.55 bits per heavy atom. The SMILES string of the molecule is C[C@H]1CNC[C@@]2(CCOC2)O1. The van der Waals surface area contributed by atoms with Gasteiger partial charge in [0.05, 0.1) is 12.7 Å². The maximum atomic E-state index is 5.85. The molecule has 0 unspecified atom stereocenters. The van der Waals surface area contributed by atoms with Gasteiger partial charge in [-0.1, -0.05) is 0 Å². The first kappa shape index (κ1) is 7.53. The monoisotopic (exact) mass is 157 g/mol. The fourth-order valence-electron chi connectivity index (χ4n) is 1.83. The van der Waals surface area contributed by atoms with E-state index in [2.05, 4.69) is 12.2 Å². The number of rotatable bonds is 0. The van der Waals surface area contributed by atoms with Crippen LogP contribution in [0.15, 0.2) is 0 Å². The van der Waals surface area contributed by atoms with Crippen LogP contribution < -0.4 is 5.32 Å². The zero-order valence-corrected chi connectivity index (χ0v) is 6.93. The maximum absolute atomic E-state index is 5.85. The molecule has 1 N–H and O–H groups in total. The molecule has 0 radical (unpaired) electrons. The van der Waals surface area contributed by atoms with Gasteiger partial charge < -0.3 is 14.8 Å². The second-order valence-corrected chi connectivity index (χ2v) is 3.54. The molecule has 2 aliphatic rings. The molecule has 0 aromatic rings. The molecule has 2 rings (SSSR count). The van der Waals surface area contributed by atoms with Crippen molar-refractivity contribution in [3.8, 4) is 0 Å². The van der Waals surface area contributed by atoms with Crippen LogP contribution in [-0.4, -0.2) is 38.0 Å². The molecule has 1 spiro atoms. The van der Waals surface area contributed by atoms with Crippen LogP contribution in [0.5, 0.6) is 0 Å². The molecule has 0 amide bonds. The van der Waals surface area contributed by atoms with Crippen LogP contribution >= 0.6 is 0 Å². The summed E-state index contributed by atoms with van der Waals surface area (Å²) in [6, 6.07) is 0. The summed E-state index contributed by atoms with van der Waals surface area (Å²) in [6.45, 7) is 5.66. The standard InChI is InChI=1S/C8H15NO2/c1-7-4-9-5-8(11-7)2-3-10-6-8/h7,9H,2-6H2,1H3/t7-,8+/m0/s1. The molecule has 11 heavy (non-hydrogen) atoms. The lowest BCUT2D eigenvalue weighted by molar-refractivity contribution is -0.108. The maximum Gasteiger partial charge on any atom is 0.106 e. The molecule has 0 aromatic heterocycles. The molecular formula is C8H15NO2. The van der Waals surface area contributed by atoms with Crippen molar-refractivity contribution in [3.63, 3.8) is 0 Å². The van der Waals surface area contributed by atoms with E-state index < -0.39 is 0 Å². The molecule has 2 fully saturated rings. The third-order valence-corrected chi connectivity index (χ3v) is 2.40. The molecule has 3 nitrogen and oxygen atoms in total. The normalized spacial score (nSPS) is 45.0. The summed E-state index contributed by atoms with van der Waals surface area (Å²) < 4.78 is 11.2. The topological polar surface area (TPSA) is 30.5 Å². The second kappa shape index (κ2) is 2.73. The van der Waals surface area contributed by atoms with Gasteiger partial charge in [-0.05, 0) is 6.92 Å². The van der Waals surface area contributed by atoms with E-state index in [4.69, 9.17) is 9.47 Å². The van der Waals surface area contributed by atoms with Crippen LogP contribution in [0.4, 0.5) is 0 Å². The molecule has 0 saturated carbocycles. The molecule has 2 heterocycles. The average molecular weight is 157 g/mol. The predicted octanol–water partition coefficient (Wildman–Crippen LogP) is 0.154. The van der Waals surface area contributed by atoms with Crippen molar-refractivity contribution < 1.29 is 9.47 Å². The van der Waals surface area contributed by atoms with E-state index in [0.29, 0.717) is 6.10 Å². The lowest BCUT2D eigenvalue weighted by Gasteiger charge is -2.36. The largest absolute Gasteiger partial charge is 0.378 e. The van der Waals surface area contributed by atoms with E-state index in [1.54, 1.807) is 0 Å². The molecule has 0 bridgehead atoms. The molecule has 2 atom stereocenters. The first-order valence-corrected chi connectivity index (χ1v) is 4.27. The van der Waals surface area contributed by atoms with E-state index >= 15 is 0 Å². The number of nitrogens with one attached hydrogen (secondary N) is 1. The van der Waals surface area contributed by atoms with Crippen LogP contribution in [0.2, 0.25) is 0 Å². The van der Waals surface area contributed by atoms with Crippen LogP contribution in [0.3, 0.4) is 0 Å². The minimum atomic E-state index is 0.0116. The third kappa shape index (κ3) is 1.41. The first-order valence-electron chi connectivity index (χ1n) is 4.27. The molecule has 0 aromatic carbocycles. The lowest BCUT2D eigenvalue weighted by Crippen LogP contribution is -2.53. The van der Waals surface area contributed by atoms with Gasteiger partial charge in [-0.3, -0.25) is 0 Å². The average Bonchev–Trinajstić information content (AvgIpc) is 2.37. The Kier molecular flexibility index (Phi) is 1.87. The van der Waals surface area contributed by atoms with Crippen LogP contribution in [0.25, 0.3) is 0 Å². The summed E-state index contributed by atoms with van der Waals surface area (Å²) in [5, 5.41) is 3.36. The smallest absolute Gasteiger partial charge is 0.106 e. The third-order valence-electron chi connectivity index (χ3n) is 2.40. The van der Waals surface area contributed by atoms with E-state index in [1.807, 2.05) is 0 Å². The molecule has 0 aliphatic carbocycles. The van der Waals surface area contributed by atoms with E-state index in [0.717, 1.165) is 32.7 Å². The summed E-state index contributed by atoms with van der Waals surface area (Å²) in [5.74, 6) is 0. The van der Waals surface area contributed by atoms with Gasteiger partial charge in [-0.2, -0.15) is 0 Å². The van der Waals surface area contributed by atoms with Gasteiger partial charge >= 0.3 is 0 Å². The predicted molar refractivity (Wildman–Crippen MR) is 41.6 cm³/mol. The van der Waals surface area contributed by atoms with Crippen molar-refractivity contribution in [1.29, 1.82) is 0 Å². The van der Waals surface area contributed by atoms with Crippen molar-refractivity contribution in [2.24, 2.45) is 0 Å². The van der Waals surface area contributed by atoms with Gasteiger partial charge in [0.25, 0.3) is 0 Å². The van der Waals surface area contributed by atoms with Crippen molar-refractivity contribution in [3.05, 3.63) is 0 Å². The van der Waals surface area contributed by atoms with Crippen molar-refractivity contribution in [2.45, 2.75) is 25.0 Å². The Morgan fingerprint density at radius 2 is 2.45 bits per heavy atom. The summed E-state index contributed by atoms with van der Waals surface area (Å²) >= 11 is 0. The Bertz CT molecular complexity index is 143. The van der Waals surface area contributed by atoms with Crippen LogP contribution in [0, 0.1) is 0 Å². The minimum absolute atomic E-state index is 0.0116. The molecule has 2 saturated heterocycles. The van der Waals surface area contributed by atoms with Gasteiger partial charge in [0.15, 0.2) is 0 Å². The van der Waals surface area contributed by atoms with E-state index in [1.165, 1.54) is 0 Å². The van der Waals surface area contributed by atoms with Crippen molar-refractivity contribution in [2.75, 3.05) is 26.3 Å². The Hall–Kier alpha value is -0.120. The molecular weight excluding hydrogens is 142 g/mol. The first-order chi connectivity index (χ1) is 5.31. The Balaban J connectivity index is 2.00. The number of hydrogen-bond donors (Lipinski definition) is 1. The summed E-state index contributed by atoms with van der Waals surface area (Å²) in [6.07, 6.45) is 1.38. The molecule has 64 valence electrons. The molecule has 3 heteroatoms. The zero-order chi connectivity index (χ0) is 7.73. The lowest BCUT2D eigenvalue weighted by atomic mass is 10.0. The van der Waals surface area contributed by atoms with Gasteiger partial charge in [-0.15, -0.1) is 0 Å². The van der Waals surface area contributed by atoms with Crippen molar-refractivity contribution >= 4 is 0 Å². The van der Waals surface area contributed by atoms with Crippen molar-refractivity contribution in [1.82, 2.24) is 5.32 Å². The van der Waals surface area contributed by atoms with Gasteiger partial charge in [0.2, 0.25) is 0 Å². The second-order valence-electron chi connectivity index (χ2n) is 3.54. The van der Waals surface area contributed by atoms with Gasteiger partial charge in [-0.25, -0.2) is 0 Å². The number of morpholine rings is 1. The zero-order valence-electron chi connectivity index (χ0n) is 6.93. The Labute approximate surface area is 67.1 Å². The van der Waals surface area contributed by atoms with Gasteiger partial charge in [0, 0.05) is 26.1 Å². The fourth-order valence-corrected chi connectivity index (χ4v) is 1.83. The Morgan fingerprint density at radius 3 is 3.09 bits per heavy atom. The summed E-state index contributed by atoms with van der Waals surface area (Å²) in [7, 11) is 0. The highest BCUT2D eigenvalue weighted by atomic mass is 16.6. The highest BCUT2D eigenvalue weighted by Crippen LogP contribution is 2.26. The highest BCUT2D eigenvalue weighted by Gasteiger charge is 2.39. The molecule has 2 aliphatic heterocycles. The highest BCUT2D eigenvalue weighted by molar-refractivity contribution is 4.91. The van der Waals surface area contributed by atoms with Crippen LogP contribution in [0.1, 0.15) is 13.3 Å². The summed E-state index contributed by atoms with van der Waals surface area (Å²) in [4.78, 5) is 0. The summed E-state index contributed by atoms with van der Waals surface area (Å²) in [5.41, 5.74) is 0.0116. The fraction of sp³-hybridized carbons (Fsp3) is 1.00. The van der Waals surface area contributed by atoms with E-state index in [-0.39, 0.29) is 5.60 Å². The van der Waals surface area contributed by atoms with E-state index in [9.17, 15) is 0 Å². The minimum Gasteiger partial charge on any atom is -0.378 e. The van der Waals surface area contributed by atoms with Gasteiger partial charge in [0.1, 0.15) is 5.60 Å².